The van der Waals surface area contributed by atoms with Crippen molar-refractivity contribution in [2.75, 3.05) is 26.2 Å². The molecular formula is C16H23FN2O. The molecule has 1 aromatic carbocycles. The van der Waals surface area contributed by atoms with Crippen LogP contribution >= 0.6 is 0 Å². The first-order valence-electron chi connectivity index (χ1n) is 7.32. The fourth-order valence-electron chi connectivity index (χ4n) is 2.68. The predicted octanol–water partition coefficient (Wildman–Crippen LogP) is 2.39. The van der Waals surface area contributed by atoms with E-state index < -0.39 is 0 Å². The van der Waals surface area contributed by atoms with Crippen molar-refractivity contribution < 1.29 is 9.18 Å². The van der Waals surface area contributed by atoms with Crippen LogP contribution in [0.5, 0.6) is 0 Å². The molecule has 0 aliphatic carbocycles. The number of nitrogens with zero attached hydrogens (tertiary/aromatic N) is 1. The van der Waals surface area contributed by atoms with Gasteiger partial charge in [-0.1, -0.05) is 26.0 Å². The van der Waals surface area contributed by atoms with Gasteiger partial charge in [0, 0.05) is 32.6 Å². The van der Waals surface area contributed by atoms with E-state index in [4.69, 9.17) is 0 Å². The summed E-state index contributed by atoms with van der Waals surface area (Å²) in [5.41, 5.74) is 1.05. The Morgan fingerprint density at radius 2 is 1.85 bits per heavy atom. The van der Waals surface area contributed by atoms with Crippen molar-refractivity contribution in [2.24, 2.45) is 5.92 Å². The summed E-state index contributed by atoms with van der Waals surface area (Å²) in [6, 6.07) is 6.54. The van der Waals surface area contributed by atoms with Gasteiger partial charge in [0.15, 0.2) is 0 Å². The number of carbonyl (C=O) groups is 1. The first kappa shape index (κ1) is 15.0. The molecule has 0 bridgehead atoms. The van der Waals surface area contributed by atoms with Crippen LogP contribution in [0.2, 0.25) is 0 Å². The maximum absolute atomic E-state index is 13.0. The minimum atomic E-state index is -0.232. The van der Waals surface area contributed by atoms with E-state index >= 15 is 0 Å². The highest BCUT2D eigenvalue weighted by Crippen LogP contribution is 2.28. The average Bonchev–Trinajstić information content (AvgIpc) is 2.46. The Morgan fingerprint density at radius 3 is 2.40 bits per heavy atom. The predicted molar refractivity (Wildman–Crippen MR) is 78.0 cm³/mol. The smallest absolute Gasteiger partial charge is 0.223 e. The lowest BCUT2D eigenvalue weighted by Gasteiger charge is -2.30. The molecule has 0 aromatic heterocycles. The minimum absolute atomic E-state index is 0.151. The molecular weight excluding hydrogens is 255 g/mol. The number of benzene rings is 1. The Bertz CT molecular complexity index is 438. The molecule has 1 fully saturated rings. The van der Waals surface area contributed by atoms with E-state index in [2.05, 4.69) is 19.2 Å². The normalized spacial score (nSPS) is 17.3. The van der Waals surface area contributed by atoms with Crippen LogP contribution in [0.1, 0.15) is 31.7 Å². The molecule has 20 heavy (non-hydrogen) atoms. The fourth-order valence-corrected chi connectivity index (χ4v) is 2.68. The number of hydrogen-bond acceptors (Lipinski definition) is 2. The monoisotopic (exact) mass is 278 g/mol. The van der Waals surface area contributed by atoms with Crippen molar-refractivity contribution in [1.29, 1.82) is 0 Å². The van der Waals surface area contributed by atoms with Crippen LogP contribution in [-0.4, -0.2) is 37.0 Å². The summed E-state index contributed by atoms with van der Waals surface area (Å²) in [5.74, 6) is 0.476. The second-order valence-corrected chi connectivity index (χ2v) is 5.74. The van der Waals surface area contributed by atoms with E-state index in [0.717, 1.165) is 31.7 Å². The van der Waals surface area contributed by atoms with Gasteiger partial charge < -0.3 is 10.2 Å². The summed E-state index contributed by atoms with van der Waals surface area (Å²) in [5, 5.41) is 3.25. The van der Waals surface area contributed by atoms with Gasteiger partial charge in [0.05, 0.1) is 0 Å². The van der Waals surface area contributed by atoms with Gasteiger partial charge in [0.1, 0.15) is 5.82 Å². The van der Waals surface area contributed by atoms with Gasteiger partial charge in [-0.25, -0.2) is 4.39 Å². The van der Waals surface area contributed by atoms with E-state index in [1.54, 1.807) is 12.1 Å². The fraction of sp³-hybridized carbons (Fsp3) is 0.562. The Labute approximate surface area is 120 Å². The van der Waals surface area contributed by atoms with E-state index in [-0.39, 0.29) is 17.6 Å². The molecule has 1 heterocycles. The number of halogens is 1. The highest BCUT2D eigenvalue weighted by Gasteiger charge is 2.23. The molecule has 1 unspecified atom stereocenters. The molecule has 110 valence electrons. The second kappa shape index (κ2) is 6.84. The molecule has 1 aliphatic heterocycles. The van der Waals surface area contributed by atoms with E-state index in [0.29, 0.717) is 12.3 Å². The van der Waals surface area contributed by atoms with E-state index in [9.17, 15) is 9.18 Å². The van der Waals surface area contributed by atoms with Gasteiger partial charge in [0.2, 0.25) is 5.91 Å². The van der Waals surface area contributed by atoms with Gasteiger partial charge in [-0.2, -0.15) is 0 Å². The first-order chi connectivity index (χ1) is 9.58. The van der Waals surface area contributed by atoms with Gasteiger partial charge in [0.25, 0.3) is 0 Å². The molecule has 1 atom stereocenters. The Hall–Kier alpha value is -1.42. The number of amides is 1. The van der Waals surface area contributed by atoms with Crippen molar-refractivity contribution in [1.82, 2.24) is 10.2 Å². The molecule has 1 aliphatic rings. The number of carbonyl (C=O) groups excluding carboxylic acids is 1. The van der Waals surface area contributed by atoms with E-state index in [1.807, 2.05) is 4.90 Å². The average molecular weight is 278 g/mol. The summed E-state index contributed by atoms with van der Waals surface area (Å²) in [7, 11) is 0. The van der Waals surface area contributed by atoms with E-state index in [1.165, 1.54) is 12.1 Å². The molecule has 4 heteroatoms. The molecule has 3 nitrogen and oxygen atoms in total. The standard InChI is InChI=1S/C16H23FN2O/c1-12(2)15(13-3-5-14(17)6-4-13)11-16(20)19-9-7-18-8-10-19/h3-6,12,15,18H,7-11H2,1-2H3. The second-order valence-electron chi connectivity index (χ2n) is 5.74. The lowest BCUT2D eigenvalue weighted by Crippen LogP contribution is -2.46. The summed E-state index contributed by atoms with van der Waals surface area (Å²) < 4.78 is 13.0. The highest BCUT2D eigenvalue weighted by molar-refractivity contribution is 5.77. The molecule has 1 N–H and O–H groups in total. The topological polar surface area (TPSA) is 32.3 Å². The third-order valence-electron chi connectivity index (χ3n) is 3.97. The number of hydrogen-bond donors (Lipinski definition) is 1. The summed E-state index contributed by atoms with van der Waals surface area (Å²) in [4.78, 5) is 14.3. The summed E-state index contributed by atoms with van der Waals surface area (Å²) >= 11 is 0. The lowest BCUT2D eigenvalue weighted by molar-refractivity contribution is -0.132. The van der Waals surface area contributed by atoms with Crippen LogP contribution in [0.3, 0.4) is 0 Å². The SMILES string of the molecule is CC(C)C(CC(=O)N1CCNCC1)c1ccc(F)cc1. The minimum Gasteiger partial charge on any atom is -0.340 e. The summed E-state index contributed by atoms with van der Waals surface area (Å²) in [6.45, 7) is 7.53. The first-order valence-corrected chi connectivity index (χ1v) is 7.32. The van der Waals surface area contributed by atoms with Gasteiger partial charge in [-0.3, -0.25) is 4.79 Å². The highest BCUT2D eigenvalue weighted by atomic mass is 19.1. The molecule has 1 aromatic rings. The lowest BCUT2D eigenvalue weighted by atomic mass is 9.85. The Morgan fingerprint density at radius 1 is 1.25 bits per heavy atom. The zero-order valence-electron chi connectivity index (χ0n) is 12.2. The molecule has 1 amide bonds. The van der Waals surface area contributed by atoms with Crippen molar-refractivity contribution in [2.45, 2.75) is 26.2 Å². The van der Waals surface area contributed by atoms with Gasteiger partial charge in [-0.05, 0) is 29.5 Å². The van der Waals surface area contributed by atoms with Crippen LogP contribution in [0, 0.1) is 11.7 Å². The van der Waals surface area contributed by atoms with Crippen LogP contribution in [0.15, 0.2) is 24.3 Å². The van der Waals surface area contributed by atoms with Crippen LogP contribution in [0.25, 0.3) is 0 Å². The third-order valence-corrected chi connectivity index (χ3v) is 3.97. The van der Waals surface area contributed by atoms with Crippen LogP contribution < -0.4 is 5.32 Å². The molecule has 0 saturated carbocycles. The van der Waals surface area contributed by atoms with Crippen molar-refractivity contribution >= 4 is 5.91 Å². The number of rotatable bonds is 4. The molecule has 0 radical (unpaired) electrons. The van der Waals surface area contributed by atoms with Crippen molar-refractivity contribution in [3.63, 3.8) is 0 Å². The maximum atomic E-state index is 13.0. The molecule has 2 rings (SSSR count). The van der Waals surface area contributed by atoms with Gasteiger partial charge >= 0.3 is 0 Å². The number of nitrogens with one attached hydrogen (secondary N) is 1. The quantitative estimate of drug-likeness (QED) is 0.917. The third kappa shape index (κ3) is 3.79. The Balaban J connectivity index is 2.05. The number of piperazine rings is 1. The van der Waals surface area contributed by atoms with Crippen molar-refractivity contribution in [3.05, 3.63) is 35.6 Å². The van der Waals surface area contributed by atoms with Crippen LogP contribution in [0.4, 0.5) is 4.39 Å². The largest absolute Gasteiger partial charge is 0.340 e. The summed E-state index contributed by atoms with van der Waals surface area (Å²) in [6.07, 6.45) is 0.503. The Kier molecular flexibility index (Phi) is 5.12. The van der Waals surface area contributed by atoms with Crippen LogP contribution in [-0.2, 0) is 4.79 Å². The van der Waals surface area contributed by atoms with Crippen molar-refractivity contribution in [3.8, 4) is 0 Å². The molecule has 0 spiro atoms. The zero-order chi connectivity index (χ0) is 14.5. The van der Waals surface area contributed by atoms with Gasteiger partial charge in [-0.15, -0.1) is 0 Å². The maximum Gasteiger partial charge on any atom is 0.223 e. The molecule has 1 saturated heterocycles. The zero-order valence-corrected chi connectivity index (χ0v) is 12.2.